The first-order valence-electron chi connectivity index (χ1n) is 6.06. The second kappa shape index (κ2) is 5.06. The van der Waals surface area contributed by atoms with Gasteiger partial charge in [-0.05, 0) is 24.7 Å². The molecule has 0 aromatic heterocycles. The molecule has 6 N–H and O–H groups in total. The van der Waals surface area contributed by atoms with Crippen LogP contribution in [-0.4, -0.2) is 21.9 Å². The lowest BCUT2D eigenvalue weighted by molar-refractivity contribution is -0.152. The zero-order chi connectivity index (χ0) is 12.3. The smallest absolute Gasteiger partial charge is 0.124 e. The Morgan fingerprint density at radius 3 is 2.69 bits per heavy atom. The van der Waals surface area contributed by atoms with E-state index in [4.69, 9.17) is 11.5 Å². The molecule has 0 aromatic rings. The summed E-state index contributed by atoms with van der Waals surface area (Å²) in [7, 11) is 0. The van der Waals surface area contributed by atoms with E-state index in [1.54, 1.807) is 0 Å². The first kappa shape index (κ1) is 13.3. The fraction of sp³-hybridized carbons (Fsp3) is 0.833. The number of hydrogen-bond acceptors (Lipinski definition) is 4. The van der Waals surface area contributed by atoms with Crippen molar-refractivity contribution in [3.63, 3.8) is 0 Å². The van der Waals surface area contributed by atoms with Gasteiger partial charge in [-0.1, -0.05) is 26.7 Å². The second-order valence-corrected chi connectivity index (χ2v) is 4.89. The van der Waals surface area contributed by atoms with Gasteiger partial charge in [0.05, 0.1) is 5.70 Å². The summed E-state index contributed by atoms with van der Waals surface area (Å²) in [5.74, 6) is 0.129. The second-order valence-electron chi connectivity index (χ2n) is 4.89. The first-order chi connectivity index (χ1) is 7.48. The molecule has 1 fully saturated rings. The number of hydrogen-bond donors (Lipinski definition) is 4. The Balaban J connectivity index is 3.00. The lowest BCUT2D eigenvalue weighted by atomic mass is 9.65. The maximum atomic E-state index is 10.7. The Kier molecular flexibility index (Phi) is 4.21. The number of nitrogens with two attached hydrogens (primary N) is 2. The van der Waals surface area contributed by atoms with Gasteiger partial charge in [0.15, 0.2) is 0 Å². The van der Waals surface area contributed by atoms with Gasteiger partial charge in [-0.2, -0.15) is 0 Å². The van der Waals surface area contributed by atoms with Crippen LogP contribution in [0.1, 0.15) is 39.5 Å². The van der Waals surface area contributed by atoms with E-state index in [2.05, 4.69) is 0 Å². The largest absolute Gasteiger partial charge is 0.403 e. The first-order valence-corrected chi connectivity index (χ1v) is 6.06. The molecule has 4 atom stereocenters. The summed E-state index contributed by atoms with van der Waals surface area (Å²) in [4.78, 5) is 0. The van der Waals surface area contributed by atoms with E-state index >= 15 is 0 Å². The quantitative estimate of drug-likeness (QED) is 0.571. The molecule has 1 rings (SSSR count). The molecule has 0 bridgehead atoms. The molecule has 3 unspecified atom stereocenters. The van der Waals surface area contributed by atoms with E-state index in [0.29, 0.717) is 0 Å². The van der Waals surface area contributed by atoms with E-state index < -0.39 is 11.7 Å². The minimum Gasteiger partial charge on any atom is -0.403 e. The summed E-state index contributed by atoms with van der Waals surface area (Å²) in [6.07, 6.45) is 3.92. The van der Waals surface area contributed by atoms with E-state index in [1.807, 2.05) is 13.8 Å². The molecule has 4 nitrogen and oxygen atoms in total. The topological polar surface area (TPSA) is 92.5 Å². The third-order valence-corrected chi connectivity index (χ3v) is 4.07. The average molecular weight is 228 g/mol. The van der Waals surface area contributed by atoms with Crippen LogP contribution in [0.2, 0.25) is 0 Å². The number of aliphatic hydroxyl groups is 2. The molecule has 0 radical (unpaired) electrons. The van der Waals surface area contributed by atoms with Gasteiger partial charge in [0.25, 0.3) is 0 Å². The number of rotatable bonds is 3. The molecule has 0 heterocycles. The van der Waals surface area contributed by atoms with Crippen molar-refractivity contribution in [3.8, 4) is 0 Å². The van der Waals surface area contributed by atoms with Crippen LogP contribution in [0.15, 0.2) is 11.9 Å². The highest BCUT2D eigenvalue weighted by Crippen LogP contribution is 2.43. The Morgan fingerprint density at radius 2 is 2.19 bits per heavy atom. The van der Waals surface area contributed by atoms with Crippen LogP contribution < -0.4 is 11.5 Å². The van der Waals surface area contributed by atoms with Crippen molar-refractivity contribution in [3.05, 3.63) is 11.9 Å². The van der Waals surface area contributed by atoms with Gasteiger partial charge < -0.3 is 21.7 Å². The molecular formula is C12H24N2O2. The molecule has 1 saturated carbocycles. The molecule has 4 heteroatoms. The molecule has 0 saturated heterocycles. The normalized spacial score (nSPS) is 38.4. The zero-order valence-corrected chi connectivity index (χ0v) is 10.2. The standard InChI is InChI=1S/C12H24N2O2/c1-3-9-6-4-5-8(2)12(9,16)11(15)10(14)7-13/h7-9,11,15-16H,3-6,13-14H2,1-2H3/b10-7-/t8-,9?,11?,12?/m1/s1. The highest BCUT2D eigenvalue weighted by atomic mass is 16.3. The van der Waals surface area contributed by atoms with Gasteiger partial charge in [0.1, 0.15) is 11.7 Å². The van der Waals surface area contributed by atoms with Crippen molar-refractivity contribution in [1.29, 1.82) is 0 Å². The minimum absolute atomic E-state index is 0.0414. The summed E-state index contributed by atoms with van der Waals surface area (Å²) < 4.78 is 0. The van der Waals surface area contributed by atoms with Crippen molar-refractivity contribution >= 4 is 0 Å². The monoisotopic (exact) mass is 228 g/mol. The Hall–Kier alpha value is -0.740. The highest BCUT2D eigenvalue weighted by molar-refractivity contribution is 5.13. The van der Waals surface area contributed by atoms with E-state index in [-0.39, 0.29) is 17.5 Å². The molecule has 16 heavy (non-hydrogen) atoms. The lowest BCUT2D eigenvalue weighted by Crippen LogP contribution is -2.57. The van der Waals surface area contributed by atoms with Crippen molar-refractivity contribution in [1.82, 2.24) is 0 Å². The van der Waals surface area contributed by atoms with Crippen molar-refractivity contribution in [2.45, 2.75) is 51.2 Å². The molecule has 0 aromatic carbocycles. The molecule has 1 aliphatic carbocycles. The Labute approximate surface area is 97.3 Å². The highest BCUT2D eigenvalue weighted by Gasteiger charge is 2.49. The van der Waals surface area contributed by atoms with Gasteiger partial charge in [0.2, 0.25) is 0 Å². The number of aliphatic hydroxyl groups excluding tert-OH is 1. The summed E-state index contributed by atoms with van der Waals surface area (Å²) in [5.41, 5.74) is 9.98. The van der Waals surface area contributed by atoms with E-state index in [9.17, 15) is 10.2 Å². The molecular weight excluding hydrogens is 204 g/mol. The summed E-state index contributed by atoms with van der Waals surface area (Å²) in [6.45, 7) is 4.00. The summed E-state index contributed by atoms with van der Waals surface area (Å²) in [6, 6.07) is 0. The van der Waals surface area contributed by atoms with Crippen molar-refractivity contribution < 1.29 is 10.2 Å². The van der Waals surface area contributed by atoms with E-state index in [1.165, 1.54) is 6.20 Å². The van der Waals surface area contributed by atoms with Crippen molar-refractivity contribution in [2.24, 2.45) is 23.3 Å². The molecule has 1 aliphatic rings. The van der Waals surface area contributed by atoms with Gasteiger partial charge in [-0.3, -0.25) is 0 Å². The van der Waals surface area contributed by atoms with Gasteiger partial charge in [-0.25, -0.2) is 0 Å². The SMILES string of the molecule is CCC1CCC[C@@H](C)C1(O)C(O)/C(N)=C/N. The summed E-state index contributed by atoms with van der Waals surface area (Å²) in [5, 5.41) is 20.9. The third kappa shape index (κ3) is 2.04. The van der Waals surface area contributed by atoms with Crippen LogP contribution in [0.3, 0.4) is 0 Å². The van der Waals surface area contributed by atoms with Crippen LogP contribution in [0.5, 0.6) is 0 Å². The molecule has 0 spiro atoms. The Bertz CT molecular complexity index is 268. The van der Waals surface area contributed by atoms with Crippen LogP contribution in [0, 0.1) is 11.8 Å². The van der Waals surface area contributed by atoms with Crippen molar-refractivity contribution in [2.75, 3.05) is 0 Å². The molecule has 94 valence electrons. The lowest BCUT2D eigenvalue weighted by Gasteiger charge is -2.47. The predicted molar refractivity (Wildman–Crippen MR) is 64.2 cm³/mol. The predicted octanol–water partition coefficient (Wildman–Crippen LogP) is 0.683. The van der Waals surface area contributed by atoms with Gasteiger partial charge in [0, 0.05) is 6.20 Å². The maximum Gasteiger partial charge on any atom is 0.124 e. The van der Waals surface area contributed by atoms with Crippen LogP contribution in [-0.2, 0) is 0 Å². The van der Waals surface area contributed by atoms with Gasteiger partial charge in [-0.15, -0.1) is 0 Å². The van der Waals surface area contributed by atoms with Gasteiger partial charge >= 0.3 is 0 Å². The summed E-state index contributed by atoms with van der Waals surface area (Å²) >= 11 is 0. The zero-order valence-electron chi connectivity index (χ0n) is 10.2. The minimum atomic E-state index is -1.13. The molecule has 0 amide bonds. The maximum absolute atomic E-state index is 10.7. The van der Waals surface area contributed by atoms with Crippen LogP contribution in [0.25, 0.3) is 0 Å². The van der Waals surface area contributed by atoms with E-state index in [0.717, 1.165) is 25.7 Å². The fourth-order valence-electron chi connectivity index (χ4n) is 2.92. The molecule has 0 aliphatic heterocycles. The average Bonchev–Trinajstić information content (AvgIpc) is 2.30. The van der Waals surface area contributed by atoms with Crippen LogP contribution in [0.4, 0.5) is 0 Å². The Morgan fingerprint density at radius 1 is 1.56 bits per heavy atom. The fourth-order valence-corrected chi connectivity index (χ4v) is 2.92. The van der Waals surface area contributed by atoms with Crippen LogP contribution >= 0.6 is 0 Å². The third-order valence-electron chi connectivity index (χ3n) is 4.07.